The molecule has 1 saturated carbocycles. The van der Waals surface area contributed by atoms with Gasteiger partial charge in [0.1, 0.15) is 17.9 Å². The molecule has 2 N–H and O–H groups in total. The Morgan fingerprint density at radius 2 is 2.20 bits per heavy atom. The van der Waals surface area contributed by atoms with Gasteiger partial charge in [-0.05, 0) is 37.3 Å². The van der Waals surface area contributed by atoms with Gasteiger partial charge in [-0.15, -0.1) is 0 Å². The summed E-state index contributed by atoms with van der Waals surface area (Å²) in [5, 5.41) is 8.84. The lowest BCUT2D eigenvalue weighted by Gasteiger charge is -2.34. The van der Waals surface area contributed by atoms with E-state index in [0.717, 1.165) is 18.7 Å². The highest BCUT2D eigenvalue weighted by Crippen LogP contribution is 2.41. The van der Waals surface area contributed by atoms with Crippen molar-refractivity contribution in [3.05, 3.63) is 23.9 Å². The molecular formula is C15H18N4O. The van der Waals surface area contributed by atoms with Gasteiger partial charge >= 0.3 is 0 Å². The van der Waals surface area contributed by atoms with Gasteiger partial charge in [0.2, 0.25) is 5.91 Å². The molecule has 2 fully saturated rings. The number of rotatable bonds is 2. The highest BCUT2D eigenvalue weighted by Gasteiger charge is 2.44. The average Bonchev–Trinajstić information content (AvgIpc) is 2.87. The number of carbonyl (C=O) groups is 1. The number of primary amides is 1. The summed E-state index contributed by atoms with van der Waals surface area (Å²) in [6, 6.07) is 5.74. The molecule has 5 nitrogen and oxygen atoms in total. The number of fused-ring (bicyclic) bond motifs is 1. The Kier molecular flexibility index (Phi) is 3.31. The number of hydrogen-bond donors (Lipinski definition) is 1. The molecule has 0 spiro atoms. The van der Waals surface area contributed by atoms with E-state index in [1.54, 1.807) is 12.3 Å². The molecule has 1 aliphatic heterocycles. The SMILES string of the molecule is N#Cc1ccc(N2[C@H](C(N)=O)C[C@H]3CCCC[C@@H]32)nc1. The topological polar surface area (TPSA) is 83.0 Å². The Hall–Kier alpha value is -2.09. The zero-order valence-corrected chi connectivity index (χ0v) is 11.3. The molecule has 1 aromatic rings. The van der Waals surface area contributed by atoms with Crippen molar-refractivity contribution in [1.29, 1.82) is 5.26 Å². The molecule has 1 amide bonds. The van der Waals surface area contributed by atoms with Crippen LogP contribution in [0.5, 0.6) is 0 Å². The van der Waals surface area contributed by atoms with Crippen LogP contribution < -0.4 is 10.6 Å². The first-order chi connectivity index (χ1) is 9.70. The number of carbonyl (C=O) groups excluding carboxylic acids is 1. The van der Waals surface area contributed by atoms with Crippen LogP contribution in [0.3, 0.4) is 0 Å². The standard InChI is InChI=1S/C15H18N4O/c16-8-10-5-6-14(18-9-10)19-12-4-2-1-3-11(12)7-13(19)15(17)20/h5-6,9,11-13H,1-4,7H2,(H2,17,20)/t11-,12+,13+/m1/s1. The van der Waals surface area contributed by atoms with Crippen molar-refractivity contribution in [1.82, 2.24) is 4.98 Å². The largest absolute Gasteiger partial charge is 0.368 e. The molecule has 104 valence electrons. The molecule has 1 aromatic heterocycles. The maximum atomic E-state index is 11.8. The molecule has 2 heterocycles. The Morgan fingerprint density at radius 1 is 1.40 bits per heavy atom. The van der Waals surface area contributed by atoms with Crippen LogP contribution in [0.1, 0.15) is 37.7 Å². The van der Waals surface area contributed by atoms with Crippen molar-refractivity contribution in [3.8, 4) is 6.07 Å². The van der Waals surface area contributed by atoms with E-state index >= 15 is 0 Å². The number of hydrogen-bond acceptors (Lipinski definition) is 4. The second-order valence-corrected chi connectivity index (χ2v) is 5.69. The van der Waals surface area contributed by atoms with Crippen molar-refractivity contribution in [2.45, 2.75) is 44.2 Å². The van der Waals surface area contributed by atoms with E-state index in [-0.39, 0.29) is 11.9 Å². The van der Waals surface area contributed by atoms with Gasteiger partial charge < -0.3 is 10.6 Å². The van der Waals surface area contributed by atoms with E-state index < -0.39 is 0 Å². The minimum absolute atomic E-state index is 0.261. The van der Waals surface area contributed by atoms with E-state index in [1.807, 2.05) is 6.07 Å². The zero-order valence-electron chi connectivity index (χ0n) is 11.3. The average molecular weight is 270 g/mol. The third-order valence-electron chi connectivity index (χ3n) is 4.56. The molecule has 0 aromatic carbocycles. The molecule has 1 aliphatic carbocycles. The Morgan fingerprint density at radius 3 is 2.85 bits per heavy atom. The van der Waals surface area contributed by atoms with Gasteiger partial charge in [0.15, 0.2) is 0 Å². The van der Waals surface area contributed by atoms with Gasteiger partial charge in [0.25, 0.3) is 0 Å². The molecule has 0 bridgehead atoms. The van der Waals surface area contributed by atoms with Gasteiger partial charge in [-0.3, -0.25) is 4.79 Å². The van der Waals surface area contributed by atoms with Crippen LogP contribution in [-0.2, 0) is 4.79 Å². The number of nitrogens with zero attached hydrogens (tertiary/aromatic N) is 3. The summed E-state index contributed by atoms with van der Waals surface area (Å²) in [5.74, 6) is 1.03. The monoisotopic (exact) mass is 270 g/mol. The van der Waals surface area contributed by atoms with Crippen LogP contribution in [0, 0.1) is 17.2 Å². The van der Waals surface area contributed by atoms with Gasteiger partial charge in [-0.1, -0.05) is 12.8 Å². The molecule has 3 rings (SSSR count). The summed E-state index contributed by atoms with van der Waals surface area (Å²) in [7, 11) is 0. The van der Waals surface area contributed by atoms with E-state index in [0.29, 0.717) is 17.5 Å². The number of nitrogens with two attached hydrogens (primary N) is 1. The van der Waals surface area contributed by atoms with Crippen LogP contribution in [-0.4, -0.2) is 23.0 Å². The summed E-state index contributed by atoms with van der Waals surface area (Å²) in [4.78, 5) is 18.2. The fourth-order valence-electron chi connectivity index (χ4n) is 3.65. The van der Waals surface area contributed by atoms with E-state index in [1.165, 1.54) is 19.3 Å². The molecule has 0 radical (unpaired) electrons. The van der Waals surface area contributed by atoms with Crippen LogP contribution in [0.2, 0.25) is 0 Å². The predicted molar refractivity (Wildman–Crippen MR) is 74.8 cm³/mol. The Bertz CT molecular complexity index is 548. The number of nitriles is 1. The van der Waals surface area contributed by atoms with Crippen LogP contribution >= 0.6 is 0 Å². The van der Waals surface area contributed by atoms with Crippen molar-refractivity contribution < 1.29 is 4.79 Å². The molecule has 2 aliphatic rings. The second kappa shape index (κ2) is 5.12. The minimum atomic E-state index is -0.273. The quantitative estimate of drug-likeness (QED) is 0.884. The lowest BCUT2D eigenvalue weighted by atomic mass is 9.84. The van der Waals surface area contributed by atoms with Gasteiger partial charge in [0, 0.05) is 12.2 Å². The summed E-state index contributed by atoms with van der Waals surface area (Å²) < 4.78 is 0. The summed E-state index contributed by atoms with van der Waals surface area (Å²) >= 11 is 0. The normalized spacial score (nSPS) is 28.8. The number of amides is 1. The van der Waals surface area contributed by atoms with Gasteiger partial charge in [-0.2, -0.15) is 5.26 Å². The van der Waals surface area contributed by atoms with E-state index in [9.17, 15) is 4.79 Å². The summed E-state index contributed by atoms with van der Waals surface area (Å²) in [6.45, 7) is 0. The molecule has 0 unspecified atom stereocenters. The Labute approximate surface area is 118 Å². The van der Waals surface area contributed by atoms with Crippen LogP contribution in [0.4, 0.5) is 5.82 Å². The van der Waals surface area contributed by atoms with Crippen molar-refractivity contribution in [2.24, 2.45) is 11.7 Å². The maximum Gasteiger partial charge on any atom is 0.240 e. The van der Waals surface area contributed by atoms with Crippen LogP contribution in [0.25, 0.3) is 0 Å². The first-order valence-electron chi connectivity index (χ1n) is 7.14. The van der Waals surface area contributed by atoms with Gasteiger partial charge in [0.05, 0.1) is 5.56 Å². The number of anilines is 1. The second-order valence-electron chi connectivity index (χ2n) is 5.69. The third kappa shape index (κ3) is 2.11. The number of aromatic nitrogens is 1. The van der Waals surface area contributed by atoms with E-state index in [2.05, 4.69) is 16.0 Å². The smallest absolute Gasteiger partial charge is 0.240 e. The third-order valence-corrected chi connectivity index (χ3v) is 4.56. The fourth-order valence-corrected chi connectivity index (χ4v) is 3.65. The molecular weight excluding hydrogens is 252 g/mol. The molecule has 20 heavy (non-hydrogen) atoms. The predicted octanol–water partition coefficient (Wildman–Crippen LogP) is 1.58. The van der Waals surface area contributed by atoms with Gasteiger partial charge in [-0.25, -0.2) is 4.98 Å². The maximum absolute atomic E-state index is 11.8. The Balaban J connectivity index is 1.94. The van der Waals surface area contributed by atoms with Crippen molar-refractivity contribution >= 4 is 11.7 Å². The van der Waals surface area contributed by atoms with E-state index in [4.69, 9.17) is 11.0 Å². The highest BCUT2D eigenvalue weighted by atomic mass is 16.1. The minimum Gasteiger partial charge on any atom is -0.368 e. The number of pyridine rings is 1. The fraction of sp³-hybridized carbons (Fsp3) is 0.533. The summed E-state index contributed by atoms with van der Waals surface area (Å²) in [5.41, 5.74) is 6.11. The van der Waals surface area contributed by atoms with Crippen molar-refractivity contribution in [3.63, 3.8) is 0 Å². The first kappa shape index (κ1) is 12.9. The summed E-state index contributed by atoms with van der Waals surface area (Å²) in [6.07, 6.45) is 7.09. The van der Waals surface area contributed by atoms with Crippen molar-refractivity contribution in [2.75, 3.05) is 4.90 Å². The first-order valence-corrected chi connectivity index (χ1v) is 7.14. The van der Waals surface area contributed by atoms with Crippen LogP contribution in [0.15, 0.2) is 18.3 Å². The zero-order chi connectivity index (χ0) is 14.1. The molecule has 5 heteroatoms. The highest BCUT2D eigenvalue weighted by molar-refractivity contribution is 5.84. The molecule has 1 saturated heterocycles. The molecule has 3 atom stereocenters. The lowest BCUT2D eigenvalue weighted by molar-refractivity contribution is -0.119. The lowest BCUT2D eigenvalue weighted by Crippen LogP contribution is -2.45.